The normalized spacial score (nSPS) is 16.8. The summed E-state index contributed by atoms with van der Waals surface area (Å²) < 4.78 is 5.83. The third kappa shape index (κ3) is 7.74. The number of nitrogens with zero attached hydrogens (tertiary/aromatic N) is 1. The quantitative estimate of drug-likeness (QED) is 0.355. The maximum Gasteiger partial charge on any atom is 0.191 e. The lowest BCUT2D eigenvalue weighted by Crippen LogP contribution is -2.48. The van der Waals surface area contributed by atoms with Gasteiger partial charge in [0.1, 0.15) is 0 Å². The smallest absolute Gasteiger partial charge is 0.191 e. The molecule has 0 radical (unpaired) electrons. The number of benzene rings is 1. The minimum atomic E-state index is 0. The minimum absolute atomic E-state index is 0. The number of aliphatic imine (C=N–C) groups is 1. The first-order valence-electron chi connectivity index (χ1n) is 8.97. The van der Waals surface area contributed by atoms with E-state index in [0.717, 1.165) is 50.9 Å². The van der Waals surface area contributed by atoms with E-state index in [2.05, 4.69) is 67.4 Å². The van der Waals surface area contributed by atoms with Crippen LogP contribution in [0.25, 0.3) is 0 Å². The van der Waals surface area contributed by atoms with Crippen LogP contribution in [0, 0.1) is 6.92 Å². The van der Waals surface area contributed by atoms with Crippen molar-refractivity contribution in [3.8, 4) is 0 Å². The molecule has 0 aliphatic carbocycles. The van der Waals surface area contributed by atoms with Gasteiger partial charge < -0.3 is 15.4 Å². The summed E-state index contributed by atoms with van der Waals surface area (Å²) in [6.45, 7) is 10.7. The predicted molar refractivity (Wildman–Crippen MR) is 120 cm³/mol. The molecular formula is C19H32IN3OS. The van der Waals surface area contributed by atoms with Crippen LogP contribution >= 0.6 is 35.7 Å². The molecule has 25 heavy (non-hydrogen) atoms. The molecule has 142 valence electrons. The van der Waals surface area contributed by atoms with Crippen molar-refractivity contribution < 1.29 is 4.74 Å². The van der Waals surface area contributed by atoms with Gasteiger partial charge in [-0.1, -0.05) is 36.8 Å². The van der Waals surface area contributed by atoms with Crippen LogP contribution in [-0.4, -0.2) is 42.8 Å². The standard InChI is InChI=1S/C19H31N3OS.HI/c1-4-20-18(21-14-17-8-6-7-16(3)13-17)22-15-19(24-5-2)9-11-23-12-10-19;/h6-8,13H,4-5,9-12,14-15H2,1-3H3,(H2,20,21,22);1H. The average molecular weight is 477 g/mol. The number of hydrogen-bond donors (Lipinski definition) is 2. The van der Waals surface area contributed by atoms with Crippen molar-refractivity contribution in [3.05, 3.63) is 35.4 Å². The van der Waals surface area contributed by atoms with Crippen molar-refractivity contribution in [1.29, 1.82) is 0 Å². The number of rotatable bonds is 7. The molecular weight excluding hydrogens is 445 g/mol. The van der Waals surface area contributed by atoms with Gasteiger partial charge in [0.05, 0.1) is 6.54 Å². The number of aryl methyl sites for hydroxylation is 1. The molecule has 0 atom stereocenters. The van der Waals surface area contributed by atoms with Crippen LogP contribution in [0.2, 0.25) is 0 Å². The highest BCUT2D eigenvalue weighted by Gasteiger charge is 2.32. The molecule has 1 aliphatic heterocycles. The minimum Gasteiger partial charge on any atom is -0.381 e. The molecule has 1 fully saturated rings. The third-order valence-electron chi connectivity index (χ3n) is 4.28. The van der Waals surface area contributed by atoms with Crippen LogP contribution in [0.3, 0.4) is 0 Å². The van der Waals surface area contributed by atoms with Crippen molar-refractivity contribution in [2.75, 3.05) is 32.1 Å². The highest BCUT2D eigenvalue weighted by atomic mass is 127. The summed E-state index contributed by atoms with van der Waals surface area (Å²) >= 11 is 2.05. The van der Waals surface area contributed by atoms with Crippen molar-refractivity contribution in [2.24, 2.45) is 4.99 Å². The fourth-order valence-electron chi connectivity index (χ4n) is 2.99. The Bertz CT molecular complexity index is 528. The van der Waals surface area contributed by atoms with E-state index in [-0.39, 0.29) is 28.7 Å². The van der Waals surface area contributed by atoms with Crippen LogP contribution in [0.4, 0.5) is 0 Å². The molecule has 1 heterocycles. The van der Waals surface area contributed by atoms with Gasteiger partial charge in [0.15, 0.2) is 5.96 Å². The molecule has 1 saturated heterocycles. The first kappa shape index (κ1) is 22.6. The molecule has 2 N–H and O–H groups in total. The summed E-state index contributed by atoms with van der Waals surface area (Å²) in [5.41, 5.74) is 2.53. The van der Waals surface area contributed by atoms with Crippen molar-refractivity contribution in [2.45, 2.75) is 44.9 Å². The molecule has 1 aromatic carbocycles. The van der Waals surface area contributed by atoms with Gasteiger partial charge in [0.2, 0.25) is 0 Å². The van der Waals surface area contributed by atoms with Gasteiger partial charge in [0, 0.05) is 31.1 Å². The van der Waals surface area contributed by atoms with Crippen LogP contribution in [0.15, 0.2) is 29.3 Å². The fourth-order valence-corrected chi connectivity index (χ4v) is 4.23. The van der Waals surface area contributed by atoms with Crippen LogP contribution in [-0.2, 0) is 11.3 Å². The summed E-state index contributed by atoms with van der Waals surface area (Å²) in [5, 5.41) is 6.93. The second-order valence-corrected chi connectivity index (χ2v) is 8.00. The van der Waals surface area contributed by atoms with Gasteiger partial charge in [0.25, 0.3) is 0 Å². The van der Waals surface area contributed by atoms with E-state index in [1.807, 2.05) is 0 Å². The topological polar surface area (TPSA) is 45.7 Å². The Kier molecular flexibility index (Phi) is 10.8. The number of halogens is 1. The number of guanidine groups is 1. The van der Waals surface area contributed by atoms with Crippen molar-refractivity contribution in [3.63, 3.8) is 0 Å². The van der Waals surface area contributed by atoms with Gasteiger partial charge in [-0.25, -0.2) is 4.99 Å². The van der Waals surface area contributed by atoms with E-state index in [4.69, 9.17) is 9.73 Å². The summed E-state index contributed by atoms with van der Waals surface area (Å²) in [5.74, 6) is 2.04. The average Bonchev–Trinajstić information content (AvgIpc) is 2.59. The van der Waals surface area contributed by atoms with Crippen molar-refractivity contribution >= 4 is 41.7 Å². The summed E-state index contributed by atoms with van der Waals surface area (Å²) in [4.78, 5) is 4.75. The molecule has 1 aliphatic rings. The monoisotopic (exact) mass is 477 g/mol. The van der Waals surface area contributed by atoms with E-state index >= 15 is 0 Å². The third-order valence-corrected chi connectivity index (χ3v) is 5.73. The largest absolute Gasteiger partial charge is 0.381 e. The zero-order valence-corrected chi connectivity index (χ0v) is 18.8. The lowest BCUT2D eigenvalue weighted by atomic mass is 9.99. The Labute approximate surface area is 174 Å². The van der Waals surface area contributed by atoms with Gasteiger partial charge in [-0.05, 0) is 38.0 Å². The molecule has 1 aromatic rings. The van der Waals surface area contributed by atoms with E-state index in [9.17, 15) is 0 Å². The van der Waals surface area contributed by atoms with E-state index in [0.29, 0.717) is 6.54 Å². The summed E-state index contributed by atoms with van der Waals surface area (Å²) in [6.07, 6.45) is 2.21. The summed E-state index contributed by atoms with van der Waals surface area (Å²) in [6, 6.07) is 8.54. The fraction of sp³-hybridized carbons (Fsp3) is 0.632. The molecule has 2 rings (SSSR count). The Morgan fingerprint density at radius 3 is 2.64 bits per heavy atom. The van der Waals surface area contributed by atoms with E-state index in [1.54, 1.807) is 0 Å². The molecule has 4 nitrogen and oxygen atoms in total. The van der Waals surface area contributed by atoms with Crippen LogP contribution in [0.1, 0.15) is 37.8 Å². The lowest BCUT2D eigenvalue weighted by molar-refractivity contribution is 0.0782. The molecule has 0 bridgehead atoms. The molecule has 0 spiro atoms. The van der Waals surface area contributed by atoms with Crippen LogP contribution in [0.5, 0.6) is 0 Å². The number of ether oxygens (including phenoxy) is 1. The second-order valence-electron chi connectivity index (χ2n) is 6.27. The highest BCUT2D eigenvalue weighted by Crippen LogP contribution is 2.34. The first-order valence-corrected chi connectivity index (χ1v) is 9.95. The molecule has 0 saturated carbocycles. The Balaban J connectivity index is 0.00000312. The highest BCUT2D eigenvalue weighted by molar-refractivity contribution is 14.0. The molecule has 0 aromatic heterocycles. The Hall–Kier alpha value is -0.470. The maximum atomic E-state index is 5.55. The van der Waals surface area contributed by atoms with Crippen molar-refractivity contribution in [1.82, 2.24) is 10.6 Å². The van der Waals surface area contributed by atoms with Gasteiger partial charge >= 0.3 is 0 Å². The molecule has 6 heteroatoms. The second kappa shape index (κ2) is 12.0. The number of hydrogen-bond acceptors (Lipinski definition) is 3. The van der Waals surface area contributed by atoms with E-state index in [1.165, 1.54) is 11.1 Å². The summed E-state index contributed by atoms with van der Waals surface area (Å²) in [7, 11) is 0. The van der Waals surface area contributed by atoms with Gasteiger partial charge in [-0.3, -0.25) is 0 Å². The van der Waals surface area contributed by atoms with E-state index < -0.39 is 0 Å². The SMILES string of the molecule is CCNC(=NCc1cccc(C)c1)NCC1(SCC)CCOCC1.I. The Morgan fingerprint density at radius 1 is 1.24 bits per heavy atom. The maximum absolute atomic E-state index is 5.55. The lowest BCUT2D eigenvalue weighted by Gasteiger charge is -2.37. The molecule has 0 unspecified atom stereocenters. The first-order chi connectivity index (χ1) is 11.7. The van der Waals surface area contributed by atoms with Crippen LogP contribution < -0.4 is 10.6 Å². The number of thioether (sulfide) groups is 1. The zero-order valence-electron chi connectivity index (χ0n) is 15.6. The molecule has 0 amide bonds. The zero-order chi connectivity index (χ0) is 17.3. The number of nitrogens with one attached hydrogen (secondary N) is 2. The predicted octanol–water partition coefficient (Wildman–Crippen LogP) is 3.97. The van der Waals surface area contributed by atoms with Gasteiger partial charge in [-0.2, -0.15) is 11.8 Å². The van der Waals surface area contributed by atoms with Gasteiger partial charge in [-0.15, -0.1) is 24.0 Å². The Morgan fingerprint density at radius 2 is 2.00 bits per heavy atom.